The monoisotopic (exact) mass is 306 g/mol. The molecular weight excluding hydrogens is 292 g/mol. The van der Waals surface area contributed by atoms with Gasteiger partial charge in [0.25, 0.3) is 20.2 Å². The highest BCUT2D eigenvalue weighted by atomic mass is 32.2. The number of hydrogen-bond acceptors (Lipinski definition) is 9. The molecule has 0 spiro atoms. The molecule has 0 amide bonds. The van der Waals surface area contributed by atoms with E-state index in [4.69, 9.17) is 0 Å². The summed E-state index contributed by atoms with van der Waals surface area (Å²) >= 11 is 0. The molecule has 0 aromatic carbocycles. The lowest BCUT2D eigenvalue weighted by Gasteiger charge is -2.35. The average Bonchev–Trinajstić information content (AvgIpc) is 2.14. The Balaban J connectivity index is 2.83. The van der Waals surface area contributed by atoms with Gasteiger partial charge in [-0.25, -0.2) is 0 Å². The molecule has 1 rings (SSSR count). The Bertz CT molecular complexity index is 481. The third kappa shape index (κ3) is 4.76. The van der Waals surface area contributed by atoms with Crippen LogP contribution in [-0.2, 0) is 33.3 Å². The van der Waals surface area contributed by atoms with Crippen LogP contribution in [0.15, 0.2) is 0 Å². The summed E-state index contributed by atoms with van der Waals surface area (Å²) in [6.45, 7) is -0.418. The zero-order chi connectivity index (χ0) is 14.1. The van der Waals surface area contributed by atoms with E-state index in [2.05, 4.69) is 13.1 Å². The molecule has 0 aromatic heterocycles. The van der Waals surface area contributed by atoms with Gasteiger partial charge in [0.1, 0.15) is 12.2 Å². The Labute approximate surface area is 105 Å². The lowest BCUT2D eigenvalue weighted by molar-refractivity contribution is -0.238. The van der Waals surface area contributed by atoms with E-state index in [1.165, 1.54) is 0 Å². The molecule has 1 fully saturated rings. The first kappa shape index (κ1) is 15.8. The van der Waals surface area contributed by atoms with Crippen LogP contribution >= 0.6 is 0 Å². The fourth-order valence-corrected chi connectivity index (χ4v) is 2.61. The first-order valence-corrected chi connectivity index (χ1v) is 8.37. The van der Waals surface area contributed by atoms with Crippen molar-refractivity contribution >= 4 is 20.2 Å². The minimum Gasteiger partial charge on any atom is -0.387 e. The molecule has 4 unspecified atom stereocenters. The molecule has 1 aliphatic heterocycles. The summed E-state index contributed by atoms with van der Waals surface area (Å²) in [5.74, 6) is 0. The van der Waals surface area contributed by atoms with E-state index < -0.39 is 51.4 Å². The molecule has 0 aliphatic carbocycles. The Morgan fingerprint density at radius 3 is 2.00 bits per heavy atom. The van der Waals surface area contributed by atoms with Crippen molar-refractivity contribution in [3.8, 4) is 0 Å². The van der Waals surface area contributed by atoms with Gasteiger partial charge in [-0.05, 0) is 0 Å². The Hall–Kier alpha value is -0.300. The van der Waals surface area contributed by atoms with Gasteiger partial charge in [0, 0.05) is 0 Å². The molecule has 4 atom stereocenters. The molecule has 0 saturated carbocycles. The first-order valence-electron chi connectivity index (χ1n) is 4.74. The predicted molar refractivity (Wildman–Crippen MR) is 57.4 cm³/mol. The van der Waals surface area contributed by atoms with E-state index in [1.54, 1.807) is 0 Å². The van der Waals surface area contributed by atoms with E-state index in [0.29, 0.717) is 6.26 Å². The fraction of sp³-hybridized carbons (Fsp3) is 1.00. The number of hydrogen-bond donors (Lipinski definition) is 2. The van der Waals surface area contributed by atoms with Crippen LogP contribution in [0.3, 0.4) is 0 Å². The highest BCUT2D eigenvalue weighted by molar-refractivity contribution is 7.86. The molecule has 1 heterocycles. The van der Waals surface area contributed by atoms with Crippen molar-refractivity contribution < 1.29 is 40.2 Å². The Morgan fingerprint density at radius 2 is 1.56 bits per heavy atom. The van der Waals surface area contributed by atoms with Gasteiger partial charge in [-0.3, -0.25) is 8.37 Å². The van der Waals surface area contributed by atoms with Crippen molar-refractivity contribution in [2.45, 2.75) is 24.6 Å². The van der Waals surface area contributed by atoms with Gasteiger partial charge in [0.15, 0.2) is 12.4 Å². The third-order valence-electron chi connectivity index (χ3n) is 2.01. The number of ether oxygens (including phenoxy) is 1. The average molecular weight is 306 g/mol. The van der Waals surface area contributed by atoms with Gasteiger partial charge >= 0.3 is 0 Å². The van der Waals surface area contributed by atoms with E-state index in [0.717, 1.165) is 6.26 Å². The molecule has 18 heavy (non-hydrogen) atoms. The smallest absolute Gasteiger partial charge is 0.264 e. The molecule has 1 aliphatic rings. The van der Waals surface area contributed by atoms with Crippen LogP contribution in [0.1, 0.15) is 0 Å². The maximum absolute atomic E-state index is 10.9. The van der Waals surface area contributed by atoms with Gasteiger partial charge < -0.3 is 14.9 Å². The molecule has 9 nitrogen and oxygen atoms in total. The normalized spacial score (nSPS) is 34.4. The van der Waals surface area contributed by atoms with Gasteiger partial charge in [0.2, 0.25) is 0 Å². The van der Waals surface area contributed by atoms with Gasteiger partial charge in [-0.2, -0.15) is 16.8 Å². The summed E-state index contributed by atoms with van der Waals surface area (Å²) in [7, 11) is -7.83. The number of aliphatic hydroxyl groups excluding tert-OH is 2. The predicted octanol–water partition coefficient (Wildman–Crippen LogP) is -2.61. The van der Waals surface area contributed by atoms with Crippen molar-refractivity contribution in [1.82, 2.24) is 0 Å². The van der Waals surface area contributed by atoms with E-state index >= 15 is 0 Å². The highest BCUT2D eigenvalue weighted by Crippen LogP contribution is 2.21. The first-order chi connectivity index (χ1) is 7.99. The van der Waals surface area contributed by atoms with Crippen LogP contribution in [0.2, 0.25) is 0 Å². The van der Waals surface area contributed by atoms with Crippen molar-refractivity contribution in [1.29, 1.82) is 0 Å². The van der Waals surface area contributed by atoms with E-state index in [9.17, 15) is 27.0 Å². The largest absolute Gasteiger partial charge is 0.387 e. The van der Waals surface area contributed by atoms with Crippen LogP contribution in [0.5, 0.6) is 0 Å². The van der Waals surface area contributed by atoms with Gasteiger partial charge in [0.05, 0.1) is 19.1 Å². The Morgan fingerprint density at radius 1 is 1.06 bits per heavy atom. The second-order valence-corrected chi connectivity index (χ2v) is 7.02. The fourth-order valence-electron chi connectivity index (χ4n) is 1.38. The zero-order valence-electron chi connectivity index (χ0n) is 9.59. The van der Waals surface area contributed by atoms with Crippen molar-refractivity contribution in [3.05, 3.63) is 0 Å². The quantitative estimate of drug-likeness (QED) is 0.535. The molecule has 2 N–H and O–H groups in total. The van der Waals surface area contributed by atoms with Crippen LogP contribution in [-0.4, -0.2) is 70.8 Å². The maximum Gasteiger partial charge on any atom is 0.264 e. The van der Waals surface area contributed by atoms with E-state index in [1.807, 2.05) is 0 Å². The molecule has 108 valence electrons. The summed E-state index contributed by atoms with van der Waals surface area (Å²) in [4.78, 5) is 0. The van der Waals surface area contributed by atoms with Crippen molar-refractivity contribution in [3.63, 3.8) is 0 Å². The lowest BCUT2D eigenvalue weighted by atomic mass is 10.1. The standard InChI is InChI=1S/C7H14O9S2/c1-17(10,11)15-4-3-14-7(9)6(5(4)8)16-18(2,12)13/h4-9H,3H2,1-2H3. The summed E-state index contributed by atoms with van der Waals surface area (Å²) < 4.78 is 57.3. The third-order valence-corrected chi connectivity index (χ3v) is 3.18. The summed E-state index contributed by atoms with van der Waals surface area (Å²) in [6.07, 6.45) is -4.90. The van der Waals surface area contributed by atoms with Crippen LogP contribution < -0.4 is 0 Å². The molecule has 0 radical (unpaired) electrons. The SMILES string of the molecule is CS(=O)(=O)OC1COC(O)C(OS(C)(=O)=O)C1O. The summed E-state index contributed by atoms with van der Waals surface area (Å²) in [5, 5.41) is 19.0. The minimum atomic E-state index is -3.96. The van der Waals surface area contributed by atoms with Crippen molar-refractivity contribution in [2.75, 3.05) is 19.1 Å². The van der Waals surface area contributed by atoms with Gasteiger partial charge in [-0.15, -0.1) is 0 Å². The zero-order valence-corrected chi connectivity index (χ0v) is 11.2. The minimum absolute atomic E-state index is 0.418. The highest BCUT2D eigenvalue weighted by Gasteiger charge is 2.43. The van der Waals surface area contributed by atoms with Crippen LogP contribution in [0.25, 0.3) is 0 Å². The summed E-state index contributed by atoms with van der Waals surface area (Å²) in [5.41, 5.74) is 0. The summed E-state index contributed by atoms with van der Waals surface area (Å²) in [6, 6.07) is 0. The second-order valence-electron chi connectivity index (χ2n) is 3.82. The van der Waals surface area contributed by atoms with Crippen LogP contribution in [0.4, 0.5) is 0 Å². The number of rotatable bonds is 4. The van der Waals surface area contributed by atoms with Crippen molar-refractivity contribution in [2.24, 2.45) is 0 Å². The molecule has 1 saturated heterocycles. The molecule has 0 aromatic rings. The maximum atomic E-state index is 10.9. The lowest BCUT2D eigenvalue weighted by Crippen LogP contribution is -2.55. The van der Waals surface area contributed by atoms with E-state index in [-0.39, 0.29) is 0 Å². The molecule has 11 heteroatoms. The molecule has 0 bridgehead atoms. The number of aliphatic hydroxyl groups is 2. The molecular formula is C7H14O9S2. The second kappa shape index (κ2) is 5.36. The topological polar surface area (TPSA) is 136 Å². The van der Waals surface area contributed by atoms with Gasteiger partial charge in [-0.1, -0.05) is 0 Å². The Kier molecular flexibility index (Phi) is 4.70. The van der Waals surface area contributed by atoms with Crippen LogP contribution in [0, 0.1) is 0 Å².